The summed E-state index contributed by atoms with van der Waals surface area (Å²) < 4.78 is 13.2. The lowest BCUT2D eigenvalue weighted by Crippen LogP contribution is -2.49. The lowest BCUT2D eigenvalue weighted by Gasteiger charge is -2.44. The van der Waals surface area contributed by atoms with Crippen molar-refractivity contribution in [2.75, 3.05) is 13.2 Å². The Morgan fingerprint density at radius 2 is 2.19 bits per heavy atom. The molecule has 1 spiro atoms. The van der Waals surface area contributed by atoms with Gasteiger partial charge in [0.05, 0.1) is 19.3 Å². The van der Waals surface area contributed by atoms with Gasteiger partial charge in [0.25, 0.3) is 0 Å². The number of nitrogens with zero attached hydrogens (tertiary/aromatic N) is 2. The summed E-state index contributed by atoms with van der Waals surface area (Å²) in [5.74, 6) is 0.601. The van der Waals surface area contributed by atoms with Gasteiger partial charge in [0.1, 0.15) is 17.9 Å². The van der Waals surface area contributed by atoms with Crippen LogP contribution in [-0.2, 0) is 16.1 Å². The number of benzene rings is 1. The fourth-order valence-corrected chi connectivity index (χ4v) is 3.87. The number of rotatable bonds is 3. The summed E-state index contributed by atoms with van der Waals surface area (Å²) in [6.07, 6.45) is 5.28. The summed E-state index contributed by atoms with van der Waals surface area (Å²) in [4.78, 5) is 28.1. The first-order valence-electron chi connectivity index (χ1n) is 9.23. The minimum absolute atomic E-state index is 0.0543. The molecule has 1 aromatic carbocycles. The molecule has 7 nitrogen and oxygen atoms in total. The van der Waals surface area contributed by atoms with E-state index in [2.05, 4.69) is 16.4 Å². The smallest absolute Gasteiger partial charge is 0.347 e. The maximum absolute atomic E-state index is 12.6. The molecule has 1 saturated heterocycles. The van der Waals surface area contributed by atoms with Crippen molar-refractivity contribution >= 4 is 5.91 Å². The van der Waals surface area contributed by atoms with E-state index < -0.39 is 5.69 Å². The molecule has 1 fully saturated rings. The molecule has 4 rings (SSSR count). The molecule has 3 heterocycles. The summed E-state index contributed by atoms with van der Waals surface area (Å²) in [6, 6.07) is 7.53. The molecule has 2 aromatic rings. The molecule has 7 heteroatoms. The normalized spacial score (nSPS) is 20.6. The van der Waals surface area contributed by atoms with Crippen molar-refractivity contribution in [1.82, 2.24) is 14.9 Å². The topological polar surface area (TPSA) is 82.5 Å². The molecule has 1 N–H and O–H groups in total. The molecule has 27 heavy (non-hydrogen) atoms. The van der Waals surface area contributed by atoms with Gasteiger partial charge in [0, 0.05) is 37.2 Å². The summed E-state index contributed by atoms with van der Waals surface area (Å²) in [5.41, 5.74) is 1.35. The van der Waals surface area contributed by atoms with Crippen molar-refractivity contribution in [2.24, 2.45) is 0 Å². The van der Waals surface area contributed by atoms with Gasteiger partial charge in [0.2, 0.25) is 5.91 Å². The highest BCUT2D eigenvalue weighted by molar-refractivity contribution is 5.76. The number of aryl methyl sites for hydroxylation is 1. The number of aromatic nitrogens is 2. The van der Waals surface area contributed by atoms with Gasteiger partial charge < -0.3 is 14.8 Å². The molecule has 0 aliphatic carbocycles. The number of fused-ring (bicyclic) bond motifs is 1. The molecule has 0 bridgehead atoms. The average molecular weight is 369 g/mol. The molecule has 2 aliphatic heterocycles. The Kier molecular flexibility index (Phi) is 4.70. The zero-order valence-electron chi connectivity index (χ0n) is 15.3. The Hall–Kier alpha value is -2.67. The fourth-order valence-electron chi connectivity index (χ4n) is 3.87. The van der Waals surface area contributed by atoms with E-state index in [0.717, 1.165) is 29.7 Å². The van der Waals surface area contributed by atoms with E-state index in [1.54, 1.807) is 12.3 Å². The van der Waals surface area contributed by atoms with Gasteiger partial charge in [-0.15, -0.1) is 0 Å². The van der Waals surface area contributed by atoms with Crippen LogP contribution in [0.3, 0.4) is 0 Å². The molecule has 1 amide bonds. The van der Waals surface area contributed by atoms with Gasteiger partial charge in [-0.05, 0) is 19.1 Å². The van der Waals surface area contributed by atoms with Crippen molar-refractivity contribution < 1.29 is 14.3 Å². The molecule has 2 aliphatic rings. The molecule has 1 atom stereocenters. The predicted octanol–water partition coefficient (Wildman–Crippen LogP) is 1.74. The lowest BCUT2D eigenvalue weighted by molar-refractivity contribution is -0.123. The maximum atomic E-state index is 12.6. The summed E-state index contributed by atoms with van der Waals surface area (Å²) in [6.45, 7) is 3.29. The molecule has 0 radical (unpaired) electrons. The van der Waals surface area contributed by atoms with Gasteiger partial charge in [-0.3, -0.25) is 9.36 Å². The van der Waals surface area contributed by atoms with Crippen molar-refractivity contribution in [1.29, 1.82) is 0 Å². The second-order valence-corrected chi connectivity index (χ2v) is 7.29. The second kappa shape index (κ2) is 7.15. The van der Waals surface area contributed by atoms with Crippen LogP contribution >= 0.6 is 0 Å². The lowest BCUT2D eigenvalue weighted by atomic mass is 9.81. The summed E-state index contributed by atoms with van der Waals surface area (Å²) in [7, 11) is 0. The molecule has 1 aromatic heterocycles. The highest BCUT2D eigenvalue weighted by Crippen LogP contribution is 2.44. The third-order valence-electron chi connectivity index (χ3n) is 5.28. The molecule has 0 saturated carbocycles. The first-order chi connectivity index (χ1) is 13.0. The summed E-state index contributed by atoms with van der Waals surface area (Å²) in [5, 5.41) is 3.10. The van der Waals surface area contributed by atoms with Crippen LogP contribution in [0.1, 0.15) is 36.4 Å². The molecular weight excluding hydrogens is 346 g/mol. The van der Waals surface area contributed by atoms with Gasteiger partial charge in [0.15, 0.2) is 0 Å². The fraction of sp³-hybridized carbons (Fsp3) is 0.450. The van der Waals surface area contributed by atoms with Crippen molar-refractivity contribution in [3.05, 3.63) is 58.3 Å². The van der Waals surface area contributed by atoms with Crippen LogP contribution in [0, 0.1) is 6.92 Å². The van der Waals surface area contributed by atoms with E-state index in [1.165, 1.54) is 10.8 Å². The first kappa shape index (κ1) is 17.7. The van der Waals surface area contributed by atoms with Gasteiger partial charge in [-0.1, -0.05) is 17.7 Å². The third-order valence-corrected chi connectivity index (χ3v) is 5.28. The molecule has 0 unspecified atom stereocenters. The van der Waals surface area contributed by atoms with Crippen molar-refractivity contribution in [3.63, 3.8) is 0 Å². The van der Waals surface area contributed by atoms with E-state index in [4.69, 9.17) is 9.47 Å². The highest BCUT2D eigenvalue weighted by atomic mass is 16.5. The standard InChI is InChI=1S/C20H23N3O4/c1-14-3-4-17-15(11-14)16(12-20(27-17)5-9-26-10-6-20)22-18(24)13-23-8-2-7-21-19(23)25/h2-4,7-8,11,16H,5-6,9-10,12-13H2,1H3,(H,22,24)/t16-/m0/s1. The first-order valence-corrected chi connectivity index (χ1v) is 9.23. The Bertz CT molecular complexity index is 902. The predicted molar refractivity (Wildman–Crippen MR) is 98.6 cm³/mol. The van der Waals surface area contributed by atoms with Crippen molar-refractivity contribution in [2.45, 2.75) is 44.4 Å². The van der Waals surface area contributed by atoms with Gasteiger partial charge in [-0.25, -0.2) is 9.78 Å². The Morgan fingerprint density at radius 3 is 2.96 bits per heavy atom. The van der Waals surface area contributed by atoms with Crippen LogP contribution in [0.2, 0.25) is 0 Å². The van der Waals surface area contributed by atoms with Gasteiger partial charge >= 0.3 is 5.69 Å². The van der Waals surface area contributed by atoms with Crippen LogP contribution < -0.4 is 15.7 Å². The summed E-state index contributed by atoms with van der Waals surface area (Å²) >= 11 is 0. The average Bonchev–Trinajstić information content (AvgIpc) is 2.65. The minimum atomic E-state index is -0.434. The quantitative estimate of drug-likeness (QED) is 0.891. The number of nitrogens with one attached hydrogen (secondary N) is 1. The zero-order valence-corrected chi connectivity index (χ0v) is 15.3. The molecular formula is C20H23N3O4. The monoisotopic (exact) mass is 369 g/mol. The number of amides is 1. The zero-order chi connectivity index (χ0) is 18.9. The van der Waals surface area contributed by atoms with E-state index in [1.807, 2.05) is 19.1 Å². The highest BCUT2D eigenvalue weighted by Gasteiger charge is 2.42. The number of hydrogen-bond donors (Lipinski definition) is 1. The van der Waals surface area contributed by atoms with E-state index in [-0.39, 0.29) is 24.1 Å². The van der Waals surface area contributed by atoms with E-state index >= 15 is 0 Å². The second-order valence-electron chi connectivity index (χ2n) is 7.29. The molecule has 142 valence electrons. The van der Waals surface area contributed by atoms with Crippen LogP contribution in [-0.4, -0.2) is 34.3 Å². The number of carbonyl (C=O) groups excluding carboxylic acids is 1. The number of ether oxygens (including phenoxy) is 2. The van der Waals surface area contributed by atoms with Gasteiger partial charge in [-0.2, -0.15) is 0 Å². The maximum Gasteiger partial charge on any atom is 0.347 e. The van der Waals surface area contributed by atoms with Crippen molar-refractivity contribution in [3.8, 4) is 5.75 Å². The van der Waals surface area contributed by atoms with E-state index in [0.29, 0.717) is 19.6 Å². The van der Waals surface area contributed by atoms with Crippen LogP contribution in [0.25, 0.3) is 0 Å². The van der Waals surface area contributed by atoms with Crippen LogP contribution in [0.4, 0.5) is 0 Å². The Morgan fingerprint density at radius 1 is 1.37 bits per heavy atom. The van der Waals surface area contributed by atoms with Crippen LogP contribution in [0.15, 0.2) is 41.5 Å². The SMILES string of the molecule is Cc1ccc2c(c1)[C@@H](NC(=O)Cn1cccnc1=O)CC1(CCOCC1)O2. The third kappa shape index (κ3) is 3.73. The number of hydrogen-bond acceptors (Lipinski definition) is 5. The van der Waals surface area contributed by atoms with E-state index in [9.17, 15) is 9.59 Å². The minimum Gasteiger partial charge on any atom is -0.487 e. The Labute approximate surface area is 157 Å². The largest absolute Gasteiger partial charge is 0.487 e. The Balaban J connectivity index is 1.58. The van der Waals surface area contributed by atoms with Crippen LogP contribution in [0.5, 0.6) is 5.75 Å². The number of carbonyl (C=O) groups is 1.